The van der Waals surface area contributed by atoms with E-state index >= 15 is 0 Å². The van der Waals surface area contributed by atoms with Crippen molar-refractivity contribution in [2.75, 3.05) is 51.3 Å². The molecule has 3 amide bonds. The van der Waals surface area contributed by atoms with Crippen LogP contribution in [0.3, 0.4) is 0 Å². The van der Waals surface area contributed by atoms with E-state index in [0.717, 1.165) is 19.5 Å². The molecule has 40 heavy (non-hydrogen) atoms. The Kier molecular flexibility index (Phi) is 8.52. The molecule has 4 aliphatic rings. The van der Waals surface area contributed by atoms with Gasteiger partial charge in [-0.25, -0.2) is 0 Å². The summed E-state index contributed by atoms with van der Waals surface area (Å²) in [5.74, 6) is -2.37. The molecule has 2 unspecified atom stereocenters. The molecule has 7 atom stereocenters. The number of fused-ring (bicyclic) bond motifs is 1. The summed E-state index contributed by atoms with van der Waals surface area (Å²) in [5.41, 5.74) is -1.28. The molecular formula is C30H44N4O6. The lowest BCUT2D eigenvalue weighted by atomic mass is 9.65. The Hall–Kier alpha value is -2.53. The molecule has 5 rings (SSSR count). The Labute approximate surface area is 236 Å². The summed E-state index contributed by atoms with van der Waals surface area (Å²) in [5, 5.41) is 16.6. The molecule has 0 aromatic heterocycles. The van der Waals surface area contributed by atoms with E-state index in [0.29, 0.717) is 51.3 Å². The zero-order valence-electron chi connectivity index (χ0n) is 23.9. The van der Waals surface area contributed by atoms with Crippen LogP contribution in [0.15, 0.2) is 30.3 Å². The number of aliphatic hydroxyl groups is 1. The maximum Gasteiger partial charge on any atom is 0.245 e. The van der Waals surface area contributed by atoms with Crippen molar-refractivity contribution in [1.29, 1.82) is 0 Å². The van der Waals surface area contributed by atoms with E-state index in [9.17, 15) is 19.5 Å². The van der Waals surface area contributed by atoms with Gasteiger partial charge in [-0.3, -0.25) is 19.3 Å². The Morgan fingerprint density at radius 3 is 2.50 bits per heavy atom. The van der Waals surface area contributed by atoms with Crippen LogP contribution in [0.25, 0.3) is 0 Å². The fourth-order valence-corrected chi connectivity index (χ4v) is 7.53. The highest BCUT2D eigenvalue weighted by atomic mass is 16.5. The van der Waals surface area contributed by atoms with Crippen LogP contribution in [0.5, 0.6) is 0 Å². The van der Waals surface area contributed by atoms with Gasteiger partial charge in [-0.15, -0.1) is 0 Å². The van der Waals surface area contributed by atoms with E-state index in [1.165, 1.54) is 0 Å². The van der Waals surface area contributed by atoms with Crippen molar-refractivity contribution in [3.8, 4) is 0 Å². The molecule has 220 valence electrons. The molecule has 0 radical (unpaired) electrons. The monoisotopic (exact) mass is 556 g/mol. The molecule has 4 aliphatic heterocycles. The van der Waals surface area contributed by atoms with Crippen molar-refractivity contribution in [1.82, 2.24) is 15.1 Å². The number of aliphatic hydroxyl groups excluding tert-OH is 1. The van der Waals surface area contributed by atoms with E-state index in [-0.39, 0.29) is 30.2 Å². The highest BCUT2D eigenvalue weighted by molar-refractivity contribution is 6.02. The molecule has 10 heteroatoms. The maximum atomic E-state index is 14.4. The predicted molar refractivity (Wildman–Crippen MR) is 149 cm³/mol. The first-order chi connectivity index (χ1) is 19.3. The second-order valence-electron chi connectivity index (χ2n) is 11.8. The second kappa shape index (κ2) is 11.8. The number of ether oxygens (including phenoxy) is 2. The number of morpholine rings is 1. The number of rotatable bonds is 11. The maximum absolute atomic E-state index is 14.4. The van der Waals surface area contributed by atoms with E-state index in [1.54, 1.807) is 4.90 Å². The topological polar surface area (TPSA) is 120 Å². The fraction of sp³-hybridized carbons (Fsp3) is 0.700. The predicted octanol–water partition coefficient (Wildman–Crippen LogP) is 1.64. The smallest absolute Gasteiger partial charge is 0.245 e. The minimum Gasteiger partial charge on any atom is -0.394 e. The van der Waals surface area contributed by atoms with Crippen LogP contribution in [0, 0.1) is 17.8 Å². The molecule has 1 aromatic carbocycles. The Balaban J connectivity index is 1.47. The number of hydrogen-bond acceptors (Lipinski definition) is 7. The number of amides is 3. The number of hydrogen-bond donors (Lipinski definition) is 3. The second-order valence-corrected chi connectivity index (χ2v) is 11.8. The van der Waals surface area contributed by atoms with Gasteiger partial charge in [0.2, 0.25) is 17.7 Å². The lowest BCUT2D eigenvalue weighted by molar-refractivity contribution is -0.151. The SMILES string of the molecule is CC[C@H](C)[C@H](CO)N1C(=O)[C@@H]2[C@@H](C(=O)Nc3ccccc3)[C@@]3(CC)CCC2(O3)C1C(=O)NCCN1CCOCC1. The van der Waals surface area contributed by atoms with Crippen LogP contribution in [0.1, 0.15) is 46.5 Å². The summed E-state index contributed by atoms with van der Waals surface area (Å²) in [6.07, 6.45) is 2.41. The van der Waals surface area contributed by atoms with Gasteiger partial charge in [0, 0.05) is 31.9 Å². The normalized spacial score (nSPS) is 33.0. The summed E-state index contributed by atoms with van der Waals surface area (Å²) in [6.45, 7) is 9.82. The van der Waals surface area contributed by atoms with Gasteiger partial charge in [-0.05, 0) is 37.3 Å². The molecule has 4 heterocycles. The summed E-state index contributed by atoms with van der Waals surface area (Å²) >= 11 is 0. The molecule has 0 saturated carbocycles. The van der Waals surface area contributed by atoms with Crippen molar-refractivity contribution in [3.05, 3.63) is 30.3 Å². The first-order valence-corrected chi connectivity index (χ1v) is 14.9. The largest absolute Gasteiger partial charge is 0.394 e. The van der Waals surface area contributed by atoms with Gasteiger partial charge < -0.3 is 30.1 Å². The van der Waals surface area contributed by atoms with Crippen molar-refractivity contribution in [3.63, 3.8) is 0 Å². The van der Waals surface area contributed by atoms with E-state index in [4.69, 9.17) is 9.47 Å². The number of anilines is 1. The molecule has 2 bridgehead atoms. The van der Waals surface area contributed by atoms with Gasteiger partial charge in [0.1, 0.15) is 11.6 Å². The summed E-state index contributed by atoms with van der Waals surface area (Å²) < 4.78 is 12.3. The van der Waals surface area contributed by atoms with Gasteiger partial charge >= 0.3 is 0 Å². The van der Waals surface area contributed by atoms with Crippen LogP contribution >= 0.6 is 0 Å². The van der Waals surface area contributed by atoms with Gasteiger partial charge in [0.25, 0.3) is 0 Å². The average Bonchev–Trinajstić information content (AvgIpc) is 3.58. The Morgan fingerprint density at radius 1 is 1.12 bits per heavy atom. The van der Waals surface area contributed by atoms with Crippen molar-refractivity contribution < 1.29 is 29.0 Å². The van der Waals surface area contributed by atoms with Gasteiger partial charge in [0.05, 0.1) is 43.3 Å². The summed E-state index contributed by atoms with van der Waals surface area (Å²) in [4.78, 5) is 46.2. The minimum atomic E-state index is -1.12. The first-order valence-electron chi connectivity index (χ1n) is 14.9. The minimum absolute atomic E-state index is 0.0400. The molecule has 0 aliphatic carbocycles. The number of likely N-dealkylation sites (tertiary alicyclic amines) is 1. The standard InChI is InChI=1S/C30H44N4O6/c1-4-20(3)22(19-35)34-25(27(37)31-13-14-33-15-17-39-18-16-33)30-12-11-29(5-2,40-30)23(24(30)28(34)38)26(36)32-21-9-7-6-8-10-21/h6-10,20,22-25,35H,4-5,11-19H2,1-3H3,(H,31,37)(H,32,36)/t20-,22-,23-,24-,25?,29+,30?/m0/s1. The summed E-state index contributed by atoms with van der Waals surface area (Å²) in [7, 11) is 0. The van der Waals surface area contributed by atoms with E-state index < -0.39 is 35.1 Å². The quantitative estimate of drug-likeness (QED) is 0.379. The van der Waals surface area contributed by atoms with E-state index in [2.05, 4.69) is 15.5 Å². The first kappa shape index (κ1) is 29.0. The van der Waals surface area contributed by atoms with E-state index in [1.807, 2.05) is 51.1 Å². The van der Waals surface area contributed by atoms with Crippen LogP contribution in [0.4, 0.5) is 5.69 Å². The van der Waals surface area contributed by atoms with Crippen LogP contribution in [-0.4, -0.2) is 102 Å². The van der Waals surface area contributed by atoms with Crippen molar-refractivity contribution >= 4 is 23.4 Å². The number of carbonyl (C=O) groups excluding carboxylic acids is 3. The number of carbonyl (C=O) groups is 3. The van der Waals surface area contributed by atoms with Crippen LogP contribution in [-0.2, 0) is 23.9 Å². The fourth-order valence-electron chi connectivity index (χ4n) is 7.53. The Morgan fingerprint density at radius 2 is 1.85 bits per heavy atom. The number of benzene rings is 1. The number of para-hydroxylation sites is 1. The van der Waals surface area contributed by atoms with Crippen LogP contribution < -0.4 is 10.6 Å². The molecule has 4 fully saturated rings. The zero-order valence-corrected chi connectivity index (χ0v) is 23.9. The van der Waals surface area contributed by atoms with Gasteiger partial charge in [0.15, 0.2) is 0 Å². The molecule has 4 saturated heterocycles. The Bertz CT molecular complexity index is 1080. The highest BCUT2D eigenvalue weighted by Gasteiger charge is 2.79. The molecule has 3 N–H and O–H groups in total. The lowest BCUT2D eigenvalue weighted by Gasteiger charge is -2.39. The molecular weight excluding hydrogens is 512 g/mol. The third-order valence-electron chi connectivity index (χ3n) is 9.87. The van der Waals surface area contributed by atoms with Crippen molar-refractivity contribution in [2.24, 2.45) is 17.8 Å². The zero-order chi connectivity index (χ0) is 28.5. The van der Waals surface area contributed by atoms with Crippen molar-refractivity contribution in [2.45, 2.75) is 69.7 Å². The number of nitrogens with zero attached hydrogens (tertiary/aromatic N) is 2. The van der Waals surface area contributed by atoms with Gasteiger partial charge in [-0.1, -0.05) is 45.4 Å². The number of nitrogens with one attached hydrogen (secondary N) is 2. The third-order valence-corrected chi connectivity index (χ3v) is 9.87. The average molecular weight is 557 g/mol. The highest BCUT2D eigenvalue weighted by Crippen LogP contribution is 2.64. The third kappa shape index (κ3) is 4.82. The summed E-state index contributed by atoms with van der Waals surface area (Å²) in [6, 6.07) is 7.75. The molecule has 1 spiro atoms. The van der Waals surface area contributed by atoms with Gasteiger partial charge in [-0.2, -0.15) is 0 Å². The van der Waals surface area contributed by atoms with Crippen LogP contribution in [0.2, 0.25) is 0 Å². The molecule has 1 aromatic rings. The lowest BCUT2D eigenvalue weighted by Crippen LogP contribution is -2.59. The molecule has 10 nitrogen and oxygen atoms in total.